The van der Waals surface area contributed by atoms with Crippen LogP contribution in [-0.2, 0) is 33.0 Å². The fourth-order valence-electron chi connectivity index (χ4n) is 3.39. The van der Waals surface area contributed by atoms with E-state index in [1.165, 1.54) is 6.07 Å². The van der Waals surface area contributed by atoms with Crippen LogP contribution in [0.2, 0.25) is 0 Å². The van der Waals surface area contributed by atoms with Gasteiger partial charge in [-0.25, -0.2) is 14.2 Å². The monoisotopic (exact) mass is 544 g/mol. The van der Waals surface area contributed by atoms with Crippen LogP contribution in [0.3, 0.4) is 0 Å². The van der Waals surface area contributed by atoms with E-state index in [1.807, 2.05) is 0 Å². The number of esters is 2. The van der Waals surface area contributed by atoms with Crippen molar-refractivity contribution in [1.29, 1.82) is 0 Å². The van der Waals surface area contributed by atoms with Crippen molar-refractivity contribution in [2.75, 3.05) is 13.2 Å². The molecule has 9 nitrogen and oxygen atoms in total. The lowest BCUT2D eigenvalue weighted by atomic mass is 9.77. The van der Waals surface area contributed by atoms with Gasteiger partial charge in [0.2, 0.25) is 0 Å². The second kappa shape index (κ2) is 12.9. The van der Waals surface area contributed by atoms with Gasteiger partial charge in [-0.15, -0.1) is 0 Å². The fourth-order valence-corrected chi connectivity index (χ4v) is 5.04. The Morgan fingerprint density at radius 1 is 0.865 bits per heavy atom. The summed E-state index contributed by atoms with van der Waals surface area (Å²) in [5.74, 6) is -1.25. The average molecular weight is 545 g/mol. The lowest BCUT2D eigenvalue weighted by Gasteiger charge is -2.33. The van der Waals surface area contributed by atoms with Gasteiger partial charge in [-0.2, -0.15) is 0 Å². The smallest absolute Gasteiger partial charge is 0.456 e. The van der Waals surface area contributed by atoms with E-state index >= 15 is 0 Å². The molecule has 0 aliphatic rings. The highest BCUT2D eigenvalue weighted by atomic mass is 31.2. The maximum atomic E-state index is 13.3. The first-order valence-corrected chi connectivity index (χ1v) is 14.0. The van der Waals surface area contributed by atoms with Crippen LogP contribution in [0.4, 0.5) is 0 Å². The number of carbonyl (C=O) groups excluding carboxylic acids is 2. The summed E-state index contributed by atoms with van der Waals surface area (Å²) in [6, 6.07) is 4.57. The summed E-state index contributed by atoms with van der Waals surface area (Å²) in [4.78, 5) is 26.1. The van der Waals surface area contributed by atoms with Crippen molar-refractivity contribution in [2.24, 2.45) is 0 Å². The molecule has 0 bridgehead atoms. The molecule has 0 heterocycles. The van der Waals surface area contributed by atoms with Gasteiger partial charge in [-0.3, -0.25) is 13.6 Å². The number of phosphoric ester groups is 1. The van der Waals surface area contributed by atoms with E-state index in [0.29, 0.717) is 5.56 Å². The van der Waals surface area contributed by atoms with Crippen LogP contribution in [-0.4, -0.2) is 53.7 Å². The van der Waals surface area contributed by atoms with Crippen LogP contribution >= 0.6 is 7.82 Å². The molecule has 1 aromatic rings. The number of ether oxygens (including phenoxy) is 2. The average Bonchev–Trinajstić information content (AvgIpc) is 2.68. The first kappa shape index (κ1) is 33.3. The molecule has 0 aliphatic carbocycles. The van der Waals surface area contributed by atoms with Crippen molar-refractivity contribution in [1.82, 2.24) is 0 Å². The largest absolute Gasteiger partial charge is 0.475 e. The molecule has 1 rings (SSSR count). The summed E-state index contributed by atoms with van der Waals surface area (Å²) >= 11 is 0. The third-order valence-electron chi connectivity index (χ3n) is 4.81. The van der Waals surface area contributed by atoms with E-state index in [1.54, 1.807) is 88.3 Å². The molecule has 0 aliphatic heterocycles. The molecular weight excluding hydrogens is 499 g/mol. The van der Waals surface area contributed by atoms with Gasteiger partial charge in [-0.1, -0.05) is 13.0 Å². The molecule has 1 unspecified atom stereocenters. The molecule has 1 N–H and O–H groups in total. The number of hydrogen-bond donors (Lipinski definition) is 1. The predicted molar refractivity (Wildman–Crippen MR) is 142 cm³/mol. The van der Waals surface area contributed by atoms with Crippen molar-refractivity contribution < 1.29 is 42.3 Å². The first-order chi connectivity index (χ1) is 16.7. The van der Waals surface area contributed by atoms with E-state index in [0.717, 1.165) is 0 Å². The van der Waals surface area contributed by atoms with Crippen LogP contribution < -0.4 is 0 Å². The molecule has 37 heavy (non-hydrogen) atoms. The highest BCUT2D eigenvalue weighted by Gasteiger charge is 2.38. The first-order valence-electron chi connectivity index (χ1n) is 12.5. The van der Waals surface area contributed by atoms with Gasteiger partial charge < -0.3 is 14.6 Å². The Morgan fingerprint density at radius 3 is 1.78 bits per heavy atom. The fraction of sp³-hybridized carbons (Fsp3) is 0.704. The zero-order chi connectivity index (χ0) is 28.8. The molecule has 0 amide bonds. The SMILES string of the molecule is CC(C)OP(=O)(OCC(C)(CCO)c1ccc(C(=O)OC(C)(C)C)cc1C(=O)OC(C)(C)C)OC(C)C. The number of aliphatic hydroxyl groups is 1. The topological polar surface area (TPSA) is 118 Å². The van der Waals surface area contributed by atoms with E-state index in [-0.39, 0.29) is 30.8 Å². The molecule has 10 heteroatoms. The number of benzene rings is 1. The van der Waals surface area contributed by atoms with E-state index < -0.39 is 48.6 Å². The molecule has 1 aromatic carbocycles. The minimum atomic E-state index is -3.97. The summed E-state index contributed by atoms with van der Waals surface area (Å²) in [6.07, 6.45) is -0.712. The number of carbonyl (C=O) groups is 2. The number of phosphoric acid groups is 1. The molecule has 0 fully saturated rings. The standard InChI is InChI=1S/C27H45O9P/c1-18(2)35-37(31,36-19(3)4)32-17-27(11,14-15-28)22-13-12-20(23(29)33-25(5,6)7)16-21(22)24(30)34-26(8,9)10/h12-13,16,18-19,28H,14-15,17H2,1-11H3. The van der Waals surface area contributed by atoms with Gasteiger partial charge >= 0.3 is 19.8 Å². The third kappa shape index (κ3) is 11.2. The summed E-state index contributed by atoms with van der Waals surface area (Å²) in [5, 5.41) is 9.89. The molecule has 0 saturated carbocycles. The molecular formula is C27H45O9P. The van der Waals surface area contributed by atoms with Gasteiger partial charge in [0.1, 0.15) is 11.2 Å². The third-order valence-corrected chi connectivity index (χ3v) is 6.61. The van der Waals surface area contributed by atoms with Gasteiger partial charge in [0.25, 0.3) is 0 Å². The Labute approximate surface area is 221 Å². The van der Waals surface area contributed by atoms with Crippen molar-refractivity contribution in [3.63, 3.8) is 0 Å². The van der Waals surface area contributed by atoms with Crippen LogP contribution in [0, 0.1) is 0 Å². The van der Waals surface area contributed by atoms with Gasteiger partial charge in [0.15, 0.2) is 0 Å². The van der Waals surface area contributed by atoms with E-state index in [9.17, 15) is 19.3 Å². The van der Waals surface area contributed by atoms with Crippen LogP contribution in [0.5, 0.6) is 0 Å². The van der Waals surface area contributed by atoms with Gasteiger partial charge in [0, 0.05) is 12.0 Å². The maximum absolute atomic E-state index is 13.3. The summed E-state index contributed by atoms with van der Waals surface area (Å²) in [7, 11) is -3.97. The summed E-state index contributed by atoms with van der Waals surface area (Å²) in [6.45, 7) is 18.6. The summed E-state index contributed by atoms with van der Waals surface area (Å²) in [5.41, 5.74) is -1.82. The minimum absolute atomic E-state index is 0.113. The molecule has 1 atom stereocenters. The zero-order valence-corrected chi connectivity index (χ0v) is 25.1. The molecule has 0 aromatic heterocycles. The Hall–Kier alpha value is -1.77. The number of aliphatic hydroxyl groups excluding tert-OH is 1. The van der Waals surface area contributed by atoms with Crippen LogP contribution in [0.25, 0.3) is 0 Å². The summed E-state index contributed by atoms with van der Waals surface area (Å²) < 4.78 is 41.2. The zero-order valence-electron chi connectivity index (χ0n) is 24.2. The Balaban J connectivity index is 3.59. The van der Waals surface area contributed by atoms with Crippen LogP contribution in [0.1, 0.15) is 109 Å². The van der Waals surface area contributed by atoms with Gasteiger partial charge in [-0.05, 0) is 93.4 Å². The Kier molecular flexibility index (Phi) is 11.6. The second-order valence-corrected chi connectivity index (χ2v) is 13.4. The molecule has 0 saturated heterocycles. The van der Waals surface area contributed by atoms with E-state index in [4.69, 9.17) is 23.0 Å². The number of rotatable bonds is 12. The number of hydrogen-bond acceptors (Lipinski definition) is 9. The van der Waals surface area contributed by atoms with Crippen LogP contribution in [0.15, 0.2) is 18.2 Å². The normalized spacial score (nSPS) is 14.5. The highest BCUT2D eigenvalue weighted by molar-refractivity contribution is 7.48. The van der Waals surface area contributed by atoms with E-state index in [2.05, 4.69) is 0 Å². The highest BCUT2D eigenvalue weighted by Crippen LogP contribution is 2.53. The lowest BCUT2D eigenvalue weighted by molar-refractivity contribution is 0.00646. The Morgan fingerprint density at radius 2 is 1.35 bits per heavy atom. The quantitative estimate of drug-likeness (QED) is 0.242. The van der Waals surface area contributed by atoms with Crippen molar-refractivity contribution in [3.8, 4) is 0 Å². The molecule has 0 radical (unpaired) electrons. The second-order valence-electron chi connectivity index (χ2n) is 11.8. The van der Waals surface area contributed by atoms with Crippen molar-refractivity contribution in [3.05, 3.63) is 34.9 Å². The molecule has 212 valence electrons. The maximum Gasteiger partial charge on any atom is 0.475 e. The lowest BCUT2D eigenvalue weighted by Crippen LogP contribution is -2.34. The van der Waals surface area contributed by atoms with Gasteiger partial charge in [0.05, 0.1) is 29.9 Å². The predicted octanol–water partition coefficient (Wildman–Crippen LogP) is 6.21. The van der Waals surface area contributed by atoms with Crippen molar-refractivity contribution in [2.45, 2.75) is 111 Å². The van der Waals surface area contributed by atoms with Crippen molar-refractivity contribution >= 4 is 19.8 Å². The Bertz CT molecular complexity index is 959. The minimum Gasteiger partial charge on any atom is -0.456 e. The molecule has 0 spiro atoms.